The molecule has 1 aliphatic heterocycles. The van der Waals surface area contributed by atoms with Gasteiger partial charge in [0.25, 0.3) is 0 Å². The molecule has 2 N–H and O–H groups in total. The number of benzene rings is 6. The lowest BCUT2D eigenvalue weighted by molar-refractivity contribution is 0.342. The summed E-state index contributed by atoms with van der Waals surface area (Å²) in [7, 11) is 0. The van der Waals surface area contributed by atoms with Crippen LogP contribution in [0.25, 0.3) is 53.1 Å². The molecule has 0 saturated heterocycles. The lowest BCUT2D eigenvalue weighted by Crippen LogP contribution is -2.46. The average Bonchev–Trinajstić information content (AvgIpc) is 3.65. The van der Waals surface area contributed by atoms with Gasteiger partial charge in [-0.2, -0.15) is 0 Å². The SMILES string of the molecule is c1ccc(C2=NC(n3c4ccccc4c4ccc5c6ccccc6sc5c43)NC(c3cccc(-c4ccccc4)c3)N2)cc1. The van der Waals surface area contributed by atoms with Gasteiger partial charge >= 0.3 is 0 Å². The van der Waals surface area contributed by atoms with Crippen molar-refractivity contribution in [2.45, 2.75) is 12.5 Å². The Hall–Kier alpha value is -5.23. The van der Waals surface area contributed by atoms with Gasteiger partial charge in [-0.1, -0.05) is 127 Å². The largest absolute Gasteiger partial charge is 0.350 e. The summed E-state index contributed by atoms with van der Waals surface area (Å²) in [4.78, 5) is 5.37. The Morgan fingerprint density at radius 3 is 2.09 bits per heavy atom. The number of hydrogen-bond acceptors (Lipinski definition) is 4. The highest BCUT2D eigenvalue weighted by molar-refractivity contribution is 7.26. The summed E-state index contributed by atoms with van der Waals surface area (Å²) < 4.78 is 5.01. The van der Waals surface area contributed by atoms with E-state index in [1.807, 2.05) is 11.3 Å². The zero-order chi connectivity index (χ0) is 29.0. The molecular formula is C39H28N4S. The molecule has 0 saturated carbocycles. The molecule has 6 aromatic carbocycles. The van der Waals surface area contributed by atoms with E-state index in [4.69, 9.17) is 4.99 Å². The second-order valence-corrected chi connectivity index (χ2v) is 12.3. The first-order chi connectivity index (χ1) is 21.8. The van der Waals surface area contributed by atoms with E-state index in [1.54, 1.807) is 0 Å². The van der Waals surface area contributed by atoms with Gasteiger partial charge in [0.15, 0.2) is 6.29 Å². The second-order valence-electron chi connectivity index (χ2n) is 11.3. The summed E-state index contributed by atoms with van der Waals surface area (Å²) >= 11 is 1.87. The van der Waals surface area contributed by atoms with Crippen LogP contribution in [0, 0.1) is 0 Å². The number of thiophene rings is 1. The highest BCUT2D eigenvalue weighted by atomic mass is 32.1. The molecular weight excluding hydrogens is 557 g/mol. The fourth-order valence-electron chi connectivity index (χ4n) is 6.64. The third-order valence-electron chi connectivity index (χ3n) is 8.68. The predicted molar refractivity (Wildman–Crippen MR) is 185 cm³/mol. The Kier molecular flexibility index (Phi) is 5.86. The van der Waals surface area contributed by atoms with E-state index in [-0.39, 0.29) is 12.5 Å². The first kappa shape index (κ1) is 25.3. The average molecular weight is 585 g/mol. The molecule has 0 amide bonds. The van der Waals surface area contributed by atoms with Gasteiger partial charge in [-0.25, -0.2) is 4.99 Å². The molecule has 0 radical (unpaired) electrons. The Balaban J connectivity index is 1.27. The van der Waals surface area contributed by atoms with Gasteiger partial charge in [0.2, 0.25) is 0 Å². The smallest absolute Gasteiger partial charge is 0.184 e. The Morgan fingerprint density at radius 2 is 1.25 bits per heavy atom. The van der Waals surface area contributed by atoms with E-state index < -0.39 is 0 Å². The normalized spacial score (nSPS) is 16.9. The standard InChI is InChI=1S/C39H28N4S/c1-3-12-25(13-4-1)27-16-11-17-28(24-27)38-40-37(26-14-5-2-6-15-26)41-39(42-38)43-33-20-9-7-18-29(33)31-22-23-32-30-19-8-10-21-34(30)44-36(32)35(31)43/h1-24,38-39,42H,(H,40,41). The minimum Gasteiger partial charge on any atom is -0.350 e. The van der Waals surface area contributed by atoms with Gasteiger partial charge in [-0.05, 0) is 34.9 Å². The summed E-state index contributed by atoms with van der Waals surface area (Å²) in [6.07, 6.45) is -0.496. The van der Waals surface area contributed by atoms with Crippen LogP contribution in [0.4, 0.5) is 0 Å². The summed E-state index contributed by atoms with van der Waals surface area (Å²) in [6, 6.07) is 51.8. The number of aliphatic imine (C=N–C) groups is 1. The van der Waals surface area contributed by atoms with Crippen molar-refractivity contribution < 1.29 is 0 Å². The molecule has 1 aliphatic rings. The summed E-state index contributed by atoms with van der Waals surface area (Å²) in [5.74, 6) is 0.874. The molecule has 0 aliphatic carbocycles. The van der Waals surface area contributed by atoms with Crippen LogP contribution in [0.5, 0.6) is 0 Å². The first-order valence-electron chi connectivity index (χ1n) is 15.0. The quantitative estimate of drug-likeness (QED) is 0.216. The number of hydrogen-bond donors (Lipinski definition) is 2. The maximum Gasteiger partial charge on any atom is 0.184 e. The molecule has 210 valence electrons. The van der Waals surface area contributed by atoms with Crippen LogP contribution < -0.4 is 10.6 Å². The van der Waals surface area contributed by atoms with Crippen molar-refractivity contribution in [2.24, 2.45) is 4.99 Å². The van der Waals surface area contributed by atoms with Crippen molar-refractivity contribution >= 4 is 59.2 Å². The van der Waals surface area contributed by atoms with Crippen molar-refractivity contribution in [3.8, 4) is 11.1 Å². The van der Waals surface area contributed by atoms with Crippen molar-refractivity contribution in [3.05, 3.63) is 157 Å². The van der Waals surface area contributed by atoms with E-state index >= 15 is 0 Å². The van der Waals surface area contributed by atoms with Crippen LogP contribution in [0.3, 0.4) is 0 Å². The van der Waals surface area contributed by atoms with Crippen LogP contribution in [0.1, 0.15) is 23.6 Å². The van der Waals surface area contributed by atoms with Gasteiger partial charge in [-0.3, -0.25) is 5.32 Å². The van der Waals surface area contributed by atoms with Gasteiger partial charge in [0.05, 0.1) is 15.7 Å². The third kappa shape index (κ3) is 4.05. The molecule has 0 fully saturated rings. The van der Waals surface area contributed by atoms with Crippen molar-refractivity contribution in [1.29, 1.82) is 0 Å². The third-order valence-corrected chi connectivity index (χ3v) is 9.88. The summed E-state index contributed by atoms with van der Waals surface area (Å²) in [5, 5.41) is 12.7. The topological polar surface area (TPSA) is 41.4 Å². The van der Waals surface area contributed by atoms with Crippen LogP contribution in [0.15, 0.2) is 151 Å². The van der Waals surface area contributed by atoms with E-state index in [2.05, 4.69) is 161 Å². The lowest BCUT2D eigenvalue weighted by Gasteiger charge is -2.33. The minimum absolute atomic E-state index is 0.158. The Bertz CT molecular complexity index is 2350. The maximum atomic E-state index is 5.37. The van der Waals surface area contributed by atoms with Gasteiger partial charge in [0, 0.05) is 31.8 Å². The van der Waals surface area contributed by atoms with Crippen LogP contribution in [-0.2, 0) is 0 Å². The van der Waals surface area contributed by atoms with Crippen LogP contribution >= 0.6 is 11.3 Å². The summed E-state index contributed by atoms with van der Waals surface area (Å²) in [6.45, 7) is 0. The highest BCUT2D eigenvalue weighted by Gasteiger charge is 2.29. The highest BCUT2D eigenvalue weighted by Crippen LogP contribution is 2.43. The van der Waals surface area contributed by atoms with Crippen LogP contribution in [0.2, 0.25) is 0 Å². The molecule has 2 unspecified atom stereocenters. The van der Waals surface area contributed by atoms with Crippen LogP contribution in [-0.4, -0.2) is 10.4 Å². The van der Waals surface area contributed by atoms with E-state index in [1.165, 1.54) is 53.1 Å². The fraction of sp³-hybridized carbons (Fsp3) is 0.0513. The number of aromatic nitrogens is 1. The van der Waals surface area contributed by atoms with E-state index in [9.17, 15) is 0 Å². The molecule has 4 nitrogen and oxygen atoms in total. The molecule has 2 atom stereocenters. The number of rotatable bonds is 4. The minimum atomic E-state index is -0.338. The fourth-order valence-corrected chi connectivity index (χ4v) is 7.88. The van der Waals surface area contributed by atoms with Gasteiger partial charge in [0.1, 0.15) is 12.0 Å². The number of nitrogens with zero attached hydrogens (tertiary/aromatic N) is 2. The Labute approximate surface area is 258 Å². The lowest BCUT2D eigenvalue weighted by atomic mass is 10.0. The molecule has 3 heterocycles. The molecule has 0 spiro atoms. The monoisotopic (exact) mass is 584 g/mol. The maximum absolute atomic E-state index is 5.37. The zero-order valence-corrected chi connectivity index (χ0v) is 24.6. The van der Waals surface area contributed by atoms with Crippen molar-refractivity contribution in [3.63, 3.8) is 0 Å². The van der Waals surface area contributed by atoms with E-state index in [0.29, 0.717) is 0 Å². The molecule has 5 heteroatoms. The van der Waals surface area contributed by atoms with Crippen molar-refractivity contribution in [1.82, 2.24) is 15.2 Å². The summed E-state index contributed by atoms with van der Waals surface area (Å²) in [5.41, 5.74) is 7.00. The predicted octanol–water partition coefficient (Wildman–Crippen LogP) is 9.62. The number of para-hydroxylation sites is 1. The molecule has 9 rings (SSSR count). The zero-order valence-electron chi connectivity index (χ0n) is 23.8. The number of fused-ring (bicyclic) bond motifs is 7. The van der Waals surface area contributed by atoms with E-state index in [0.717, 1.165) is 17.0 Å². The molecule has 44 heavy (non-hydrogen) atoms. The van der Waals surface area contributed by atoms with Crippen molar-refractivity contribution in [2.75, 3.05) is 0 Å². The number of amidine groups is 1. The second kappa shape index (κ2) is 10.2. The molecule has 2 aromatic heterocycles. The number of nitrogens with one attached hydrogen (secondary N) is 2. The Morgan fingerprint density at radius 1 is 0.568 bits per heavy atom. The van der Waals surface area contributed by atoms with Gasteiger partial charge in [-0.15, -0.1) is 11.3 Å². The molecule has 0 bridgehead atoms. The first-order valence-corrected chi connectivity index (χ1v) is 15.8. The molecule has 8 aromatic rings. The van der Waals surface area contributed by atoms with Gasteiger partial charge < -0.3 is 9.88 Å².